The molecule has 2 aromatic rings. The van der Waals surface area contributed by atoms with Gasteiger partial charge in [-0.25, -0.2) is 15.5 Å². The number of nitrogens with zero attached hydrogens (tertiary/aromatic N) is 2. The molecule has 0 bridgehead atoms. The molecule has 9 nitrogen and oxygen atoms in total. The third-order valence-electron chi connectivity index (χ3n) is 4.64. The van der Waals surface area contributed by atoms with Gasteiger partial charge < -0.3 is 32.1 Å². The molecule has 0 saturated carbocycles. The van der Waals surface area contributed by atoms with Crippen LogP contribution in [-0.4, -0.2) is 46.7 Å². The van der Waals surface area contributed by atoms with Crippen molar-refractivity contribution in [3.63, 3.8) is 0 Å². The van der Waals surface area contributed by atoms with Gasteiger partial charge in [0.25, 0.3) is 11.5 Å². The number of rotatable bonds is 8. The third-order valence-corrected chi connectivity index (χ3v) is 4.93. The van der Waals surface area contributed by atoms with E-state index in [1.807, 2.05) is 13.8 Å². The Morgan fingerprint density at radius 3 is 2.81 bits per heavy atom. The number of hydrogen-bond donors (Lipinski definition) is 2. The number of carbonyl (C=O) groups excluding carboxylic acids is 2. The molecule has 36 heavy (non-hydrogen) atoms. The van der Waals surface area contributed by atoms with Crippen molar-refractivity contribution in [3.8, 4) is 11.5 Å². The first-order valence-electron chi connectivity index (χ1n) is 10.7. The van der Waals surface area contributed by atoms with E-state index in [2.05, 4.69) is 10.3 Å². The number of ether oxygens (including phenoxy) is 2. The van der Waals surface area contributed by atoms with Crippen LogP contribution in [0.3, 0.4) is 0 Å². The number of halogens is 2. The molecule has 192 valence electrons. The van der Waals surface area contributed by atoms with Crippen molar-refractivity contribution in [1.29, 1.82) is 0 Å². The van der Waals surface area contributed by atoms with Crippen molar-refractivity contribution >= 4 is 23.8 Å². The molecular weight excluding hydrogens is 504 g/mol. The molecule has 0 fully saturated rings. The quantitative estimate of drug-likeness (QED) is 0.215. The minimum absolute atomic E-state index is 0. The molecule has 0 spiro atoms. The Morgan fingerprint density at radius 2 is 2.11 bits per heavy atom. The van der Waals surface area contributed by atoms with Crippen molar-refractivity contribution < 1.29 is 58.1 Å². The minimum atomic E-state index is -0.788. The molecule has 0 radical (unpaired) electrons. The molecule has 0 aliphatic carbocycles. The van der Waals surface area contributed by atoms with Crippen LogP contribution in [0.4, 0.5) is 4.39 Å². The van der Waals surface area contributed by atoms with Crippen LogP contribution in [0.2, 0.25) is 5.02 Å². The monoisotopic (exact) mass is 532 g/mol. The van der Waals surface area contributed by atoms with E-state index >= 15 is 0 Å². The smallest absolute Gasteiger partial charge is 0.501 e. The number of carbonyl (C=O) groups is 1. The van der Waals surface area contributed by atoms with Crippen molar-refractivity contribution in [1.82, 2.24) is 14.9 Å². The van der Waals surface area contributed by atoms with Crippen LogP contribution in [0.25, 0.3) is 0 Å². The van der Waals surface area contributed by atoms with Gasteiger partial charge in [-0.05, 0) is 12.4 Å². The Hall–Kier alpha value is -2.24. The summed E-state index contributed by atoms with van der Waals surface area (Å²) in [6, 6.07) is 2.39. The number of hydrogen-bond acceptors (Lipinski definition) is 7. The van der Waals surface area contributed by atoms with Crippen LogP contribution in [0, 0.1) is 13.2 Å². The van der Waals surface area contributed by atoms with Crippen LogP contribution in [0.5, 0.6) is 11.5 Å². The van der Waals surface area contributed by atoms with E-state index in [1.54, 1.807) is 6.29 Å². The zero-order chi connectivity index (χ0) is 25.1. The van der Waals surface area contributed by atoms with Crippen molar-refractivity contribution in [2.75, 3.05) is 19.8 Å². The largest absolute Gasteiger partial charge is 1.00 e. The fourth-order valence-electron chi connectivity index (χ4n) is 3.06. The van der Waals surface area contributed by atoms with Crippen LogP contribution in [0.15, 0.2) is 29.1 Å². The zero-order valence-corrected chi connectivity index (χ0v) is 23.7. The molecule has 12 heteroatoms. The number of aromatic nitrogens is 2. The molecule has 1 aromatic heterocycles. The second-order valence-electron chi connectivity index (χ2n) is 6.76. The maximum Gasteiger partial charge on any atom is 1.00 e. The first-order valence-corrected chi connectivity index (χ1v) is 11.1. The summed E-state index contributed by atoms with van der Waals surface area (Å²) in [5.41, 5.74) is -0.760. The number of fused-ring (bicyclic) bond motifs is 1. The maximum absolute atomic E-state index is 13.9. The van der Waals surface area contributed by atoms with Crippen LogP contribution in [0.1, 0.15) is 42.1 Å². The Morgan fingerprint density at radius 1 is 1.39 bits per heavy atom. The van der Waals surface area contributed by atoms with E-state index in [1.165, 1.54) is 22.8 Å². The SMILES string of the molecule is CC.O=[C-]/C=C/CCOc1cc(F)c(Cl)cc1CNC(=O)c1nc2n(c(=O)c1O)CCOCC2.[CH3-].[Na+]. The molecular formula is C24H29ClFN3NaO6-. The van der Waals surface area contributed by atoms with Gasteiger partial charge in [-0.1, -0.05) is 31.9 Å². The van der Waals surface area contributed by atoms with Gasteiger partial charge in [-0.3, -0.25) is 14.2 Å². The Kier molecular flexibility index (Phi) is 16.2. The third kappa shape index (κ3) is 9.01. The standard InChI is InChI=1S/C21H20ClFN3O6.C2H6.CH3.Na/c22-14-10-13(16(11-15(14)23)32-7-3-1-2-6-27)12-24-20(29)18-19(28)21(30)26-5-9-31-8-4-17(26)25-18;1-2;;/h1-2,10-11,28H,3-5,7-9,12H2,(H,24,29);1-2H3;1H3;/q-1;;-1;+1/b2-1+;;;. The summed E-state index contributed by atoms with van der Waals surface area (Å²) >= 11 is 5.86. The summed E-state index contributed by atoms with van der Waals surface area (Å²) in [5.74, 6) is -1.77. The first-order chi connectivity index (χ1) is 16.4. The predicted molar refractivity (Wildman–Crippen MR) is 130 cm³/mol. The molecule has 1 amide bonds. The van der Waals surface area contributed by atoms with E-state index < -0.39 is 28.7 Å². The first kappa shape index (κ1) is 33.8. The van der Waals surface area contributed by atoms with Crippen molar-refractivity contribution in [2.45, 2.75) is 39.8 Å². The average Bonchev–Trinajstić information content (AvgIpc) is 3.09. The summed E-state index contributed by atoms with van der Waals surface area (Å²) in [5, 5.41) is 12.6. The fraction of sp³-hybridized carbons (Fsp3) is 0.375. The number of amides is 1. The van der Waals surface area contributed by atoms with Gasteiger partial charge in [-0.2, -0.15) is 6.08 Å². The summed E-state index contributed by atoms with van der Waals surface area (Å²) in [7, 11) is 0. The molecule has 1 aliphatic rings. The second kappa shape index (κ2) is 17.3. The van der Waals surface area contributed by atoms with Crippen LogP contribution < -0.4 is 45.2 Å². The van der Waals surface area contributed by atoms with E-state index in [9.17, 15) is 23.9 Å². The topological polar surface area (TPSA) is 120 Å². The molecule has 0 atom stereocenters. The molecule has 2 heterocycles. The van der Waals surface area contributed by atoms with Gasteiger partial charge in [0.2, 0.25) is 5.75 Å². The molecule has 0 unspecified atom stereocenters. The summed E-state index contributed by atoms with van der Waals surface area (Å²) in [6.07, 6.45) is 5.04. The van der Waals surface area contributed by atoms with Gasteiger partial charge in [0.05, 0.1) is 31.4 Å². The van der Waals surface area contributed by atoms with Gasteiger partial charge in [0.1, 0.15) is 17.4 Å². The maximum atomic E-state index is 13.9. The number of benzene rings is 1. The van der Waals surface area contributed by atoms with E-state index in [4.69, 9.17) is 21.1 Å². The Balaban J connectivity index is 0.00000299. The average molecular weight is 533 g/mol. The summed E-state index contributed by atoms with van der Waals surface area (Å²) in [4.78, 5) is 39.4. The molecule has 1 aliphatic heterocycles. The number of allylic oxidation sites excluding steroid dienone is 1. The van der Waals surface area contributed by atoms with Crippen molar-refractivity contribution in [3.05, 3.63) is 70.0 Å². The molecule has 3 rings (SSSR count). The van der Waals surface area contributed by atoms with E-state index in [0.717, 1.165) is 6.07 Å². The van der Waals surface area contributed by atoms with Gasteiger partial charge >= 0.3 is 29.6 Å². The van der Waals surface area contributed by atoms with Gasteiger partial charge in [-0.15, -0.1) is 0 Å². The van der Waals surface area contributed by atoms with Gasteiger partial charge in [0.15, 0.2) is 5.69 Å². The summed E-state index contributed by atoms with van der Waals surface area (Å²) < 4.78 is 26.0. The zero-order valence-electron chi connectivity index (χ0n) is 20.9. The van der Waals surface area contributed by atoms with Crippen molar-refractivity contribution in [2.24, 2.45) is 0 Å². The van der Waals surface area contributed by atoms with Crippen LogP contribution >= 0.6 is 11.6 Å². The normalized spacial score (nSPS) is 12.1. The second-order valence-corrected chi connectivity index (χ2v) is 7.17. The predicted octanol–water partition coefficient (Wildman–Crippen LogP) is 0.159. The molecule has 2 N–H and O–H groups in total. The Bertz CT molecular complexity index is 1110. The Labute approximate surface area is 237 Å². The van der Waals surface area contributed by atoms with E-state index in [0.29, 0.717) is 37.4 Å². The number of nitrogens with one attached hydrogen (secondary N) is 1. The van der Waals surface area contributed by atoms with E-state index in [-0.39, 0.29) is 67.5 Å². The number of aromatic hydroxyl groups is 1. The fourth-order valence-corrected chi connectivity index (χ4v) is 3.25. The van der Waals surface area contributed by atoms with Gasteiger partial charge in [0, 0.05) is 24.6 Å². The molecule has 1 aromatic carbocycles. The molecule has 0 saturated heterocycles. The van der Waals surface area contributed by atoms with Crippen LogP contribution in [-0.2, 0) is 29.0 Å². The minimum Gasteiger partial charge on any atom is -0.501 e. The summed E-state index contributed by atoms with van der Waals surface area (Å²) in [6.45, 7) is 4.89.